The summed E-state index contributed by atoms with van der Waals surface area (Å²) in [5, 5.41) is 0. The van der Waals surface area contributed by atoms with Crippen molar-refractivity contribution in [1.82, 2.24) is 0 Å². The van der Waals surface area contributed by atoms with E-state index in [1.54, 1.807) is 0 Å². The average Bonchev–Trinajstić information content (AvgIpc) is 1.41. The van der Waals surface area contributed by atoms with Gasteiger partial charge in [-0.2, -0.15) is 0 Å². The van der Waals surface area contributed by atoms with E-state index in [0.717, 1.165) is 0 Å². The van der Waals surface area contributed by atoms with Gasteiger partial charge < -0.3 is 0 Å². The summed E-state index contributed by atoms with van der Waals surface area (Å²) in [4.78, 5) is 0. The second-order valence-corrected chi connectivity index (χ2v) is 1.35. The van der Waals surface area contributed by atoms with Crippen molar-refractivity contribution >= 4 is 8.78 Å². The van der Waals surface area contributed by atoms with Gasteiger partial charge in [-0.25, -0.2) is 0 Å². The molecule has 0 aromatic heterocycles. The molecule has 0 atom stereocenters. The van der Waals surface area contributed by atoms with Crippen molar-refractivity contribution in [3.63, 3.8) is 0 Å². The fourth-order valence-electron chi connectivity index (χ4n) is 0.354. The molecule has 28 valence electrons. The van der Waals surface area contributed by atoms with Crippen LogP contribution in [0.2, 0.25) is 12.3 Å². The van der Waals surface area contributed by atoms with Crippen LogP contribution in [0.1, 0.15) is 13.8 Å². The van der Waals surface area contributed by atoms with Gasteiger partial charge in [0.25, 0.3) is 0 Å². The quantitative estimate of drug-likeness (QED) is 0.430. The Morgan fingerprint density at radius 2 is 1.60 bits per heavy atom. The van der Waals surface area contributed by atoms with Crippen LogP contribution in [-0.4, -0.2) is 8.78 Å². The van der Waals surface area contributed by atoms with Crippen molar-refractivity contribution in [3.05, 3.63) is 0 Å². The topological polar surface area (TPSA) is 0 Å². The summed E-state index contributed by atoms with van der Waals surface area (Å²) in [5.41, 5.74) is 0. The molecule has 0 aromatic rings. The Bertz CT molecular complexity index is 11.1. The molecule has 0 N–H and O–H groups in total. The summed E-state index contributed by atoms with van der Waals surface area (Å²) >= 11 is 0. The van der Waals surface area contributed by atoms with E-state index in [1.807, 2.05) is 0 Å². The summed E-state index contributed by atoms with van der Waals surface area (Å²) in [6.07, 6.45) is 2.69. The maximum absolute atomic E-state index is 2.21. The zero-order valence-electron chi connectivity index (χ0n) is 4.12. The fraction of sp³-hybridized carbons (Fsp3) is 1.00. The molecule has 0 aromatic carbocycles. The normalized spacial score (nSPS) is 6.80. The van der Waals surface area contributed by atoms with Gasteiger partial charge in [0.2, 0.25) is 0 Å². The van der Waals surface area contributed by atoms with E-state index < -0.39 is 0 Å². The van der Waals surface area contributed by atoms with Gasteiger partial charge in [-0.3, -0.25) is 0 Å². The maximum atomic E-state index is 2.21. The molecular formula is C4H10Be. The molecule has 0 spiro atoms. The van der Waals surface area contributed by atoms with Crippen LogP contribution in [0.15, 0.2) is 0 Å². The molecular weight excluding hydrogens is 57.1 g/mol. The van der Waals surface area contributed by atoms with Crippen LogP contribution in [-0.2, 0) is 0 Å². The molecule has 0 aliphatic heterocycles. The molecule has 0 heterocycles. The minimum absolute atomic E-state index is 1.34. The van der Waals surface area contributed by atoms with Crippen molar-refractivity contribution in [2.75, 3.05) is 0 Å². The zero-order chi connectivity index (χ0) is 4.12. The first-order valence-electron chi connectivity index (χ1n) is 2.41. The van der Waals surface area contributed by atoms with Gasteiger partial charge in [0.05, 0.1) is 0 Å². The van der Waals surface area contributed by atoms with Crippen LogP contribution in [0.25, 0.3) is 0 Å². The van der Waals surface area contributed by atoms with Gasteiger partial charge in [-0.05, 0) is 0 Å². The molecule has 0 aliphatic carbocycles. The monoisotopic (exact) mass is 67.1 g/mol. The van der Waals surface area contributed by atoms with Crippen LogP contribution in [0.4, 0.5) is 0 Å². The zero-order valence-corrected chi connectivity index (χ0v) is 4.12. The van der Waals surface area contributed by atoms with Crippen LogP contribution >= 0.6 is 0 Å². The summed E-state index contributed by atoms with van der Waals surface area (Å²) in [5.74, 6) is 0. The average molecular weight is 67.1 g/mol. The van der Waals surface area contributed by atoms with Gasteiger partial charge >= 0.3 is 34.9 Å². The first-order valence-corrected chi connectivity index (χ1v) is 2.41. The van der Waals surface area contributed by atoms with Gasteiger partial charge in [-0.1, -0.05) is 0 Å². The van der Waals surface area contributed by atoms with Crippen molar-refractivity contribution in [1.29, 1.82) is 0 Å². The second-order valence-electron chi connectivity index (χ2n) is 1.35. The molecule has 0 fully saturated rings. The third kappa shape index (κ3) is 4.17. The summed E-state index contributed by atoms with van der Waals surface area (Å²) in [6, 6.07) is 0. The Morgan fingerprint density at radius 3 is 1.60 bits per heavy atom. The van der Waals surface area contributed by atoms with Crippen LogP contribution in [0.3, 0.4) is 0 Å². The van der Waals surface area contributed by atoms with Crippen molar-refractivity contribution in [2.24, 2.45) is 0 Å². The van der Waals surface area contributed by atoms with E-state index in [0.29, 0.717) is 0 Å². The third-order valence-electron chi connectivity index (χ3n) is 0.707. The van der Waals surface area contributed by atoms with E-state index in [9.17, 15) is 0 Å². The van der Waals surface area contributed by atoms with E-state index >= 15 is 0 Å². The van der Waals surface area contributed by atoms with E-state index in [2.05, 4.69) is 13.8 Å². The predicted molar refractivity (Wildman–Crippen MR) is 26.7 cm³/mol. The van der Waals surface area contributed by atoms with Crippen molar-refractivity contribution in [3.8, 4) is 0 Å². The number of hydrogen-bond acceptors (Lipinski definition) is 0. The van der Waals surface area contributed by atoms with Gasteiger partial charge in [-0.15, -0.1) is 0 Å². The molecule has 0 saturated carbocycles. The predicted octanol–water partition coefficient (Wildman–Crippen LogP) is 1.57. The molecule has 0 nitrogen and oxygen atoms in total. The molecule has 0 amide bonds. The van der Waals surface area contributed by atoms with Crippen LogP contribution < -0.4 is 0 Å². The Hall–Kier alpha value is 0.169. The fourth-order valence-corrected chi connectivity index (χ4v) is 0.354. The van der Waals surface area contributed by atoms with E-state index in [-0.39, 0.29) is 0 Å². The Balaban J connectivity index is 2.19. The standard InChI is InChI=1S/2C2H5.Be/c2*1-2;/h2*1H2,2H3;. The molecule has 0 unspecified atom stereocenters. The summed E-state index contributed by atoms with van der Waals surface area (Å²) in [6.45, 7) is 4.42. The molecule has 0 radical (unpaired) electrons. The molecule has 5 heavy (non-hydrogen) atoms. The van der Waals surface area contributed by atoms with Crippen molar-refractivity contribution < 1.29 is 0 Å². The molecule has 0 saturated heterocycles. The second kappa shape index (κ2) is 4.17. The summed E-state index contributed by atoms with van der Waals surface area (Å²) in [7, 11) is 1.39. The molecule has 0 rings (SSSR count). The Labute approximate surface area is 35.9 Å². The van der Waals surface area contributed by atoms with Crippen LogP contribution in [0, 0.1) is 0 Å². The first kappa shape index (κ1) is 5.17. The molecule has 1 heteroatoms. The minimum atomic E-state index is 1.34. The third-order valence-corrected chi connectivity index (χ3v) is 0.707. The molecule has 0 aliphatic rings. The molecule has 0 bridgehead atoms. The summed E-state index contributed by atoms with van der Waals surface area (Å²) < 4.78 is 0. The number of rotatable bonds is 2. The van der Waals surface area contributed by atoms with Gasteiger partial charge in [0, 0.05) is 0 Å². The van der Waals surface area contributed by atoms with Crippen LogP contribution in [0.5, 0.6) is 0 Å². The van der Waals surface area contributed by atoms with E-state index in [1.165, 1.54) is 21.1 Å². The Morgan fingerprint density at radius 1 is 1.20 bits per heavy atom. The SMILES string of the molecule is C[CH2][Be][CH2]C. The number of hydrogen-bond donors (Lipinski definition) is 0. The van der Waals surface area contributed by atoms with E-state index in [4.69, 9.17) is 0 Å². The first-order chi connectivity index (χ1) is 2.41. The van der Waals surface area contributed by atoms with Gasteiger partial charge in [0.1, 0.15) is 0 Å². The van der Waals surface area contributed by atoms with Crippen molar-refractivity contribution in [2.45, 2.75) is 26.1 Å². The van der Waals surface area contributed by atoms with Gasteiger partial charge in [0.15, 0.2) is 0 Å². The Kier molecular flexibility index (Phi) is 4.31.